The van der Waals surface area contributed by atoms with Crippen LogP contribution in [0.5, 0.6) is 0 Å². The van der Waals surface area contributed by atoms with E-state index in [0.29, 0.717) is 22.0 Å². The molecule has 0 spiro atoms. The van der Waals surface area contributed by atoms with Crippen LogP contribution in [0.2, 0.25) is 10.0 Å². The lowest BCUT2D eigenvalue weighted by Gasteiger charge is -2.26. The molecule has 1 aromatic carbocycles. The molecule has 98 valence electrons. The second-order valence-corrected chi connectivity index (χ2v) is 5.23. The molecule has 1 saturated heterocycles. The summed E-state index contributed by atoms with van der Waals surface area (Å²) >= 11 is 11.8. The number of piperazine rings is 1. The van der Waals surface area contributed by atoms with Crippen molar-refractivity contribution in [3.05, 3.63) is 33.8 Å². The predicted octanol–water partition coefficient (Wildman–Crippen LogP) is 2.47. The summed E-state index contributed by atoms with van der Waals surface area (Å²) in [5.41, 5.74) is 0.566. The molecule has 0 aliphatic carbocycles. The molecule has 1 fully saturated rings. The van der Waals surface area contributed by atoms with E-state index in [0.717, 1.165) is 32.7 Å². The summed E-state index contributed by atoms with van der Waals surface area (Å²) in [5.74, 6) is 0.0789. The van der Waals surface area contributed by atoms with Gasteiger partial charge in [-0.15, -0.1) is 0 Å². The lowest BCUT2D eigenvalue weighted by molar-refractivity contribution is 0.0961. The minimum absolute atomic E-state index is 0.0789. The van der Waals surface area contributed by atoms with Gasteiger partial charge in [0.25, 0.3) is 0 Å². The zero-order chi connectivity index (χ0) is 13.0. The number of nitrogens with one attached hydrogen (secondary N) is 1. The quantitative estimate of drug-likeness (QED) is 0.863. The van der Waals surface area contributed by atoms with Crippen LogP contribution in [0.25, 0.3) is 0 Å². The van der Waals surface area contributed by atoms with Gasteiger partial charge in [-0.25, -0.2) is 0 Å². The monoisotopic (exact) mass is 286 g/mol. The van der Waals surface area contributed by atoms with Gasteiger partial charge in [0.1, 0.15) is 0 Å². The topological polar surface area (TPSA) is 32.3 Å². The first-order chi connectivity index (χ1) is 8.66. The van der Waals surface area contributed by atoms with E-state index >= 15 is 0 Å². The molecule has 1 aliphatic heterocycles. The first-order valence-corrected chi connectivity index (χ1v) is 6.84. The number of carbonyl (C=O) groups is 1. The standard InChI is InChI=1S/C13H16Cl2N2O/c14-10-1-2-11(12(15)9-10)13(18)3-6-17-7-4-16-5-8-17/h1-2,9,16H,3-8H2. The molecule has 1 N–H and O–H groups in total. The van der Waals surface area contributed by atoms with Gasteiger partial charge in [0.15, 0.2) is 5.78 Å². The van der Waals surface area contributed by atoms with Crippen LogP contribution >= 0.6 is 23.2 Å². The largest absolute Gasteiger partial charge is 0.314 e. The van der Waals surface area contributed by atoms with Gasteiger partial charge < -0.3 is 10.2 Å². The third kappa shape index (κ3) is 3.69. The maximum atomic E-state index is 12.0. The average molecular weight is 287 g/mol. The van der Waals surface area contributed by atoms with Crippen molar-refractivity contribution >= 4 is 29.0 Å². The maximum absolute atomic E-state index is 12.0. The van der Waals surface area contributed by atoms with E-state index in [1.54, 1.807) is 18.2 Å². The van der Waals surface area contributed by atoms with Crippen LogP contribution in [0, 0.1) is 0 Å². The zero-order valence-electron chi connectivity index (χ0n) is 10.1. The number of Topliss-reactive ketones (excluding diaryl/α,β-unsaturated/α-hetero) is 1. The third-order valence-corrected chi connectivity index (χ3v) is 3.64. The van der Waals surface area contributed by atoms with E-state index < -0.39 is 0 Å². The Labute approximate surface area is 117 Å². The summed E-state index contributed by atoms with van der Waals surface area (Å²) < 4.78 is 0. The number of carbonyl (C=O) groups excluding carboxylic acids is 1. The second-order valence-electron chi connectivity index (χ2n) is 4.39. The number of rotatable bonds is 4. The number of nitrogens with zero attached hydrogens (tertiary/aromatic N) is 1. The molecular formula is C13H16Cl2N2O. The number of benzene rings is 1. The first kappa shape index (κ1) is 13.8. The SMILES string of the molecule is O=C(CCN1CCNCC1)c1ccc(Cl)cc1Cl. The summed E-state index contributed by atoms with van der Waals surface area (Å²) in [6.07, 6.45) is 0.501. The van der Waals surface area contributed by atoms with Crippen molar-refractivity contribution < 1.29 is 4.79 Å². The molecule has 0 saturated carbocycles. The van der Waals surface area contributed by atoms with Gasteiger partial charge in [0, 0.05) is 49.7 Å². The van der Waals surface area contributed by atoms with E-state index in [9.17, 15) is 4.79 Å². The molecule has 2 rings (SSSR count). The molecule has 1 heterocycles. The van der Waals surface area contributed by atoms with Crippen molar-refractivity contribution in [2.45, 2.75) is 6.42 Å². The number of halogens is 2. The van der Waals surface area contributed by atoms with E-state index in [2.05, 4.69) is 10.2 Å². The maximum Gasteiger partial charge on any atom is 0.165 e. The van der Waals surface area contributed by atoms with Crippen molar-refractivity contribution in [1.29, 1.82) is 0 Å². The molecule has 1 aromatic rings. The summed E-state index contributed by atoms with van der Waals surface area (Å²) in [6, 6.07) is 5.01. The van der Waals surface area contributed by atoms with Crippen LogP contribution in [0.4, 0.5) is 0 Å². The minimum atomic E-state index is 0.0789. The molecule has 0 amide bonds. The molecule has 0 unspecified atom stereocenters. The Balaban J connectivity index is 1.90. The predicted molar refractivity (Wildman–Crippen MR) is 74.7 cm³/mol. The summed E-state index contributed by atoms with van der Waals surface area (Å²) in [7, 11) is 0. The van der Waals surface area contributed by atoms with Gasteiger partial charge in [0.05, 0.1) is 5.02 Å². The Bertz CT molecular complexity index is 431. The molecule has 18 heavy (non-hydrogen) atoms. The fraction of sp³-hybridized carbons (Fsp3) is 0.462. The number of hydrogen-bond donors (Lipinski definition) is 1. The molecule has 1 aliphatic rings. The van der Waals surface area contributed by atoms with E-state index in [1.165, 1.54) is 0 Å². The summed E-state index contributed by atoms with van der Waals surface area (Å²) in [5, 5.41) is 4.28. The van der Waals surface area contributed by atoms with Gasteiger partial charge >= 0.3 is 0 Å². The van der Waals surface area contributed by atoms with Crippen molar-refractivity contribution in [1.82, 2.24) is 10.2 Å². The Morgan fingerprint density at radius 3 is 2.67 bits per heavy atom. The van der Waals surface area contributed by atoms with Gasteiger partial charge in [-0.3, -0.25) is 4.79 Å². The normalized spacial score (nSPS) is 16.8. The van der Waals surface area contributed by atoms with Crippen LogP contribution in [0.1, 0.15) is 16.8 Å². The number of ketones is 1. The van der Waals surface area contributed by atoms with Crippen LogP contribution < -0.4 is 5.32 Å². The molecule has 0 atom stereocenters. The highest BCUT2D eigenvalue weighted by molar-refractivity contribution is 6.36. The Kier molecular flexibility index (Phi) is 5.01. The number of hydrogen-bond acceptors (Lipinski definition) is 3. The second kappa shape index (κ2) is 6.53. The molecule has 0 radical (unpaired) electrons. The van der Waals surface area contributed by atoms with Crippen LogP contribution in [-0.2, 0) is 0 Å². The molecular weight excluding hydrogens is 271 g/mol. The van der Waals surface area contributed by atoms with E-state index in [4.69, 9.17) is 23.2 Å². The Morgan fingerprint density at radius 1 is 1.28 bits per heavy atom. The van der Waals surface area contributed by atoms with Crippen molar-refractivity contribution in [3.63, 3.8) is 0 Å². The highest BCUT2D eigenvalue weighted by atomic mass is 35.5. The van der Waals surface area contributed by atoms with Gasteiger partial charge in [0.2, 0.25) is 0 Å². The van der Waals surface area contributed by atoms with E-state index in [1.807, 2.05) is 0 Å². The Morgan fingerprint density at radius 2 is 2.00 bits per heavy atom. The van der Waals surface area contributed by atoms with Gasteiger partial charge in [-0.05, 0) is 18.2 Å². The lowest BCUT2D eigenvalue weighted by atomic mass is 10.1. The molecule has 3 nitrogen and oxygen atoms in total. The van der Waals surface area contributed by atoms with Crippen molar-refractivity contribution in [2.75, 3.05) is 32.7 Å². The first-order valence-electron chi connectivity index (χ1n) is 6.08. The zero-order valence-corrected chi connectivity index (χ0v) is 11.6. The van der Waals surface area contributed by atoms with E-state index in [-0.39, 0.29) is 5.78 Å². The van der Waals surface area contributed by atoms with Crippen molar-refractivity contribution in [3.8, 4) is 0 Å². The fourth-order valence-corrected chi connectivity index (χ4v) is 2.56. The molecule has 0 aromatic heterocycles. The van der Waals surface area contributed by atoms with Crippen LogP contribution in [0.3, 0.4) is 0 Å². The third-order valence-electron chi connectivity index (χ3n) is 3.10. The minimum Gasteiger partial charge on any atom is -0.314 e. The van der Waals surface area contributed by atoms with Crippen LogP contribution in [0.15, 0.2) is 18.2 Å². The smallest absolute Gasteiger partial charge is 0.165 e. The fourth-order valence-electron chi connectivity index (χ4n) is 2.04. The van der Waals surface area contributed by atoms with Crippen molar-refractivity contribution in [2.24, 2.45) is 0 Å². The average Bonchev–Trinajstić information content (AvgIpc) is 2.37. The highest BCUT2D eigenvalue weighted by Gasteiger charge is 2.14. The van der Waals surface area contributed by atoms with Gasteiger partial charge in [-0.2, -0.15) is 0 Å². The molecule has 0 bridgehead atoms. The van der Waals surface area contributed by atoms with Gasteiger partial charge in [-0.1, -0.05) is 23.2 Å². The lowest BCUT2D eigenvalue weighted by Crippen LogP contribution is -2.44. The Hall–Kier alpha value is -0.610. The highest BCUT2D eigenvalue weighted by Crippen LogP contribution is 2.22. The summed E-state index contributed by atoms with van der Waals surface area (Å²) in [4.78, 5) is 14.3. The molecule has 5 heteroatoms. The summed E-state index contributed by atoms with van der Waals surface area (Å²) in [6.45, 7) is 4.79. The van der Waals surface area contributed by atoms with Crippen LogP contribution in [-0.4, -0.2) is 43.4 Å².